The fourth-order valence-corrected chi connectivity index (χ4v) is 8.90. The van der Waals surface area contributed by atoms with E-state index in [1.54, 1.807) is 0 Å². The molecule has 0 aliphatic heterocycles. The van der Waals surface area contributed by atoms with E-state index in [0.717, 1.165) is 45.2 Å². The molecule has 8 heteroatoms. The van der Waals surface area contributed by atoms with Gasteiger partial charge in [0.2, 0.25) is 0 Å². The molecule has 0 heterocycles. The molecule has 0 amide bonds. The molecular formula is C40H32Cl2O2P2Pd2. The van der Waals surface area contributed by atoms with Crippen LogP contribution in [0.1, 0.15) is 31.8 Å². The van der Waals surface area contributed by atoms with E-state index in [-0.39, 0.29) is 11.0 Å². The molecule has 2 atom stereocenters. The van der Waals surface area contributed by atoms with Crippen molar-refractivity contribution in [2.24, 2.45) is 0 Å². The maximum atomic E-state index is 13.0. The van der Waals surface area contributed by atoms with Gasteiger partial charge in [0.15, 0.2) is 11.0 Å². The zero-order valence-electron chi connectivity index (χ0n) is 25.7. The van der Waals surface area contributed by atoms with Crippen LogP contribution in [0.5, 0.6) is 0 Å². The van der Waals surface area contributed by atoms with Crippen molar-refractivity contribution >= 4 is 56.6 Å². The molecule has 6 rings (SSSR count). The Kier molecular flexibility index (Phi) is 19.7. The van der Waals surface area contributed by atoms with Crippen molar-refractivity contribution in [3.05, 3.63) is 204 Å². The zero-order valence-corrected chi connectivity index (χ0v) is 32.1. The van der Waals surface area contributed by atoms with Crippen LogP contribution < -0.4 is 10.6 Å². The third kappa shape index (κ3) is 13.0. The van der Waals surface area contributed by atoms with Crippen molar-refractivity contribution in [1.82, 2.24) is 0 Å². The molecule has 0 aliphatic carbocycles. The van der Waals surface area contributed by atoms with Gasteiger partial charge >= 0.3 is 55.4 Å². The van der Waals surface area contributed by atoms with Gasteiger partial charge in [0, 0.05) is 11.1 Å². The van der Waals surface area contributed by atoms with E-state index in [1.165, 1.54) is 0 Å². The summed E-state index contributed by atoms with van der Waals surface area (Å²) in [6.45, 7) is 0. The van der Waals surface area contributed by atoms with Crippen LogP contribution in [0.4, 0.5) is 0 Å². The summed E-state index contributed by atoms with van der Waals surface area (Å²) in [5.74, 6) is 0. The molecule has 48 heavy (non-hydrogen) atoms. The van der Waals surface area contributed by atoms with Crippen LogP contribution in [0.25, 0.3) is 0 Å². The first-order valence-electron chi connectivity index (χ1n) is 14.7. The van der Waals surface area contributed by atoms with E-state index in [2.05, 4.69) is 104 Å². The summed E-state index contributed by atoms with van der Waals surface area (Å²) in [6, 6.07) is 61.3. The van der Waals surface area contributed by atoms with Gasteiger partial charge in [0.25, 0.3) is 0 Å². The Balaban J connectivity index is 0.000000236. The molecular weight excluding hydrogens is 858 g/mol. The Labute approximate surface area is 316 Å². The minimum absolute atomic E-state index is 0.227. The van der Waals surface area contributed by atoms with E-state index in [1.807, 2.05) is 133 Å². The van der Waals surface area contributed by atoms with Crippen LogP contribution in [0, 0.1) is 12.1 Å². The topological polar surface area (TPSA) is 34.1 Å². The van der Waals surface area contributed by atoms with Gasteiger partial charge in [-0.05, 0) is 38.8 Å². The molecule has 0 bridgehead atoms. The van der Waals surface area contributed by atoms with E-state index in [4.69, 9.17) is 0 Å². The number of carbonyl (C=O) groups is 2. The quantitative estimate of drug-likeness (QED) is 0.0780. The molecule has 0 radical (unpaired) electrons. The van der Waals surface area contributed by atoms with Crippen molar-refractivity contribution in [3.63, 3.8) is 0 Å². The van der Waals surface area contributed by atoms with Crippen molar-refractivity contribution in [2.75, 3.05) is 0 Å². The number of benzene rings is 6. The van der Waals surface area contributed by atoms with Crippen LogP contribution >= 0.6 is 34.9 Å². The SMILES string of the molecule is O=C(c1ccccc1)P(Cc1c[c-]ccc1)c1ccccc1.O=C(c1ccccc1)P(Cc1c[c-]ccc1)c1ccccc1.[Cl][Pd+].[Cl][Pd+]. The number of hydrogen-bond donors (Lipinski definition) is 0. The van der Waals surface area contributed by atoms with Crippen molar-refractivity contribution < 1.29 is 46.0 Å². The third-order valence-electron chi connectivity index (χ3n) is 6.89. The average molecular weight is 890 g/mol. The first kappa shape index (κ1) is 39.9. The first-order chi connectivity index (χ1) is 23.7. The van der Waals surface area contributed by atoms with Crippen LogP contribution in [0.2, 0.25) is 0 Å². The number of hydrogen-bond acceptors (Lipinski definition) is 2. The second-order valence-electron chi connectivity index (χ2n) is 10.0. The molecule has 6 aromatic carbocycles. The fraction of sp³-hybridized carbons (Fsp3) is 0.0500. The van der Waals surface area contributed by atoms with Crippen LogP contribution in [-0.2, 0) is 48.7 Å². The average Bonchev–Trinajstić information content (AvgIpc) is 3.19. The number of carbonyl (C=O) groups excluding carboxylic acids is 2. The van der Waals surface area contributed by atoms with Gasteiger partial charge in [0.1, 0.15) is 0 Å². The normalized spacial score (nSPS) is 11.1. The molecule has 2 nitrogen and oxygen atoms in total. The van der Waals surface area contributed by atoms with Crippen molar-refractivity contribution in [3.8, 4) is 0 Å². The van der Waals surface area contributed by atoms with E-state index < -0.39 is 15.8 Å². The summed E-state index contributed by atoms with van der Waals surface area (Å²) >= 11 is 4.44. The fourth-order valence-electron chi connectivity index (χ4n) is 4.67. The summed E-state index contributed by atoms with van der Waals surface area (Å²) in [6.07, 6.45) is 1.51. The molecule has 248 valence electrons. The Bertz CT molecular complexity index is 1600. The molecule has 0 saturated heterocycles. The van der Waals surface area contributed by atoms with E-state index >= 15 is 0 Å². The Morgan fingerprint density at radius 1 is 0.458 bits per heavy atom. The van der Waals surface area contributed by atoms with Gasteiger partial charge < -0.3 is 0 Å². The predicted molar refractivity (Wildman–Crippen MR) is 197 cm³/mol. The summed E-state index contributed by atoms with van der Waals surface area (Å²) in [7, 11) is 7.12. The summed E-state index contributed by atoms with van der Waals surface area (Å²) in [5, 5.41) is 2.24. The minimum atomic E-state index is -0.928. The van der Waals surface area contributed by atoms with Gasteiger partial charge in [-0.15, -0.1) is 0 Å². The van der Waals surface area contributed by atoms with E-state index in [9.17, 15) is 9.59 Å². The molecule has 0 saturated carbocycles. The molecule has 0 spiro atoms. The monoisotopic (exact) mass is 888 g/mol. The predicted octanol–water partition coefficient (Wildman–Crippen LogP) is 10.6. The molecule has 6 aromatic rings. The van der Waals surface area contributed by atoms with Crippen LogP contribution in [-0.4, -0.2) is 11.0 Å². The van der Waals surface area contributed by atoms with Crippen molar-refractivity contribution in [2.45, 2.75) is 12.3 Å². The van der Waals surface area contributed by atoms with Gasteiger partial charge in [-0.25, -0.2) is 0 Å². The second-order valence-corrected chi connectivity index (χ2v) is 14.2. The molecule has 0 aromatic heterocycles. The van der Waals surface area contributed by atoms with Gasteiger partial charge in [-0.3, -0.25) is 9.59 Å². The van der Waals surface area contributed by atoms with Gasteiger partial charge in [0.05, 0.1) is 0 Å². The Hall–Kier alpha value is -2.58. The van der Waals surface area contributed by atoms with Gasteiger partial charge in [-0.2, -0.15) is 71.8 Å². The summed E-state index contributed by atoms with van der Waals surface area (Å²) in [5.41, 5.74) is 4.34. The second kappa shape index (κ2) is 23.7. The maximum absolute atomic E-state index is 13.0. The summed E-state index contributed by atoms with van der Waals surface area (Å²) in [4.78, 5) is 25.9. The van der Waals surface area contributed by atoms with Crippen LogP contribution in [0.15, 0.2) is 170 Å². The Morgan fingerprint density at radius 2 is 0.771 bits per heavy atom. The molecule has 0 aliphatic rings. The molecule has 0 N–H and O–H groups in total. The van der Waals surface area contributed by atoms with Crippen LogP contribution in [0.3, 0.4) is 0 Å². The Morgan fingerprint density at radius 3 is 1.06 bits per heavy atom. The first-order valence-corrected chi connectivity index (χ1v) is 21.7. The summed E-state index contributed by atoms with van der Waals surface area (Å²) < 4.78 is 0. The zero-order chi connectivity index (χ0) is 34.4. The third-order valence-corrected chi connectivity index (χ3v) is 11.6. The van der Waals surface area contributed by atoms with Gasteiger partial charge in [-0.1, -0.05) is 121 Å². The molecule has 0 fully saturated rings. The van der Waals surface area contributed by atoms with E-state index in [0.29, 0.717) is 0 Å². The number of rotatable bonds is 10. The number of halogens is 2. The standard InChI is InChI=1S/2C20H16OP.2ClH.2Pd/c2*21-20(18-12-6-2-7-13-18)22(19-14-8-3-9-15-19)16-17-10-4-1-5-11-17;;;;/h2*1-4,6-15H,16H2;2*1H;;/q2*-1;;;2*+2/p-2. The molecule has 2 unspecified atom stereocenters. The van der Waals surface area contributed by atoms with Crippen molar-refractivity contribution in [1.29, 1.82) is 0 Å².